The van der Waals surface area contributed by atoms with Gasteiger partial charge in [-0.3, -0.25) is 9.10 Å². The van der Waals surface area contributed by atoms with Crippen molar-refractivity contribution >= 4 is 39.2 Å². The summed E-state index contributed by atoms with van der Waals surface area (Å²) in [6, 6.07) is 21.1. The molecule has 0 aromatic heterocycles. The first-order chi connectivity index (χ1) is 16.3. The highest BCUT2D eigenvalue weighted by Gasteiger charge is 2.25. The van der Waals surface area contributed by atoms with Crippen LogP contribution < -0.4 is 9.62 Å². The van der Waals surface area contributed by atoms with Crippen molar-refractivity contribution in [1.82, 2.24) is 5.32 Å². The Morgan fingerprint density at radius 1 is 1.00 bits per heavy atom. The van der Waals surface area contributed by atoms with E-state index in [1.54, 1.807) is 54.6 Å². The van der Waals surface area contributed by atoms with Gasteiger partial charge < -0.3 is 10.1 Å². The van der Waals surface area contributed by atoms with Crippen LogP contribution in [0.4, 0.5) is 5.69 Å². The maximum Gasteiger partial charge on any atom is 0.338 e. The molecular formula is C25H23ClN2O5S. The number of benzene rings is 3. The van der Waals surface area contributed by atoms with E-state index in [0.717, 1.165) is 5.56 Å². The molecule has 3 aromatic rings. The summed E-state index contributed by atoms with van der Waals surface area (Å²) in [4.78, 5) is 24.5. The average molecular weight is 499 g/mol. The number of sulfonamides is 1. The van der Waals surface area contributed by atoms with Gasteiger partial charge in [0.05, 0.1) is 22.7 Å². The van der Waals surface area contributed by atoms with Crippen LogP contribution in [0.5, 0.6) is 0 Å². The molecule has 0 aliphatic rings. The Hall–Kier alpha value is -3.62. The molecule has 9 heteroatoms. The molecule has 0 aliphatic carbocycles. The molecule has 0 heterocycles. The molecule has 1 amide bonds. The SMILES string of the molecule is C=CCN(c1ccccc1)S(=O)(=O)c1cccc(C(=O)OCC(=O)NCc2ccccc2Cl)c1. The molecule has 34 heavy (non-hydrogen) atoms. The van der Waals surface area contributed by atoms with Crippen LogP contribution in [0.25, 0.3) is 0 Å². The molecule has 0 fully saturated rings. The Morgan fingerprint density at radius 3 is 2.41 bits per heavy atom. The van der Waals surface area contributed by atoms with E-state index in [-0.39, 0.29) is 23.5 Å². The number of ether oxygens (including phenoxy) is 1. The van der Waals surface area contributed by atoms with Crippen molar-refractivity contribution in [2.24, 2.45) is 0 Å². The first-order valence-corrected chi connectivity index (χ1v) is 12.1. The fraction of sp³-hybridized carbons (Fsp3) is 0.120. The van der Waals surface area contributed by atoms with Crippen LogP contribution >= 0.6 is 11.6 Å². The molecule has 0 atom stereocenters. The minimum Gasteiger partial charge on any atom is -0.452 e. The zero-order chi connectivity index (χ0) is 24.6. The molecule has 0 radical (unpaired) electrons. The van der Waals surface area contributed by atoms with Crippen molar-refractivity contribution in [3.63, 3.8) is 0 Å². The molecule has 3 rings (SSSR count). The van der Waals surface area contributed by atoms with Crippen LogP contribution in [-0.4, -0.2) is 33.4 Å². The number of amides is 1. The van der Waals surface area contributed by atoms with Crippen LogP contribution in [-0.2, 0) is 26.1 Å². The van der Waals surface area contributed by atoms with Gasteiger partial charge in [0, 0.05) is 11.6 Å². The fourth-order valence-electron chi connectivity index (χ4n) is 3.07. The first-order valence-electron chi connectivity index (χ1n) is 10.3. The Bertz CT molecular complexity index is 1280. The van der Waals surface area contributed by atoms with E-state index < -0.39 is 28.5 Å². The number of hydrogen-bond donors (Lipinski definition) is 1. The monoisotopic (exact) mass is 498 g/mol. The second-order valence-electron chi connectivity index (χ2n) is 7.13. The Morgan fingerprint density at radius 2 is 1.71 bits per heavy atom. The Kier molecular flexibility index (Phi) is 8.45. The van der Waals surface area contributed by atoms with Crippen molar-refractivity contribution in [3.05, 3.63) is 108 Å². The second-order valence-corrected chi connectivity index (χ2v) is 9.40. The van der Waals surface area contributed by atoms with Gasteiger partial charge in [0.2, 0.25) is 0 Å². The van der Waals surface area contributed by atoms with Crippen LogP contribution in [0.3, 0.4) is 0 Å². The van der Waals surface area contributed by atoms with E-state index in [2.05, 4.69) is 11.9 Å². The van der Waals surface area contributed by atoms with E-state index in [1.807, 2.05) is 0 Å². The van der Waals surface area contributed by atoms with Gasteiger partial charge in [0.15, 0.2) is 6.61 Å². The number of halogens is 1. The zero-order valence-corrected chi connectivity index (χ0v) is 19.8. The van der Waals surface area contributed by atoms with E-state index >= 15 is 0 Å². The molecule has 0 bridgehead atoms. The van der Waals surface area contributed by atoms with E-state index in [0.29, 0.717) is 10.7 Å². The highest BCUT2D eigenvalue weighted by atomic mass is 35.5. The van der Waals surface area contributed by atoms with Gasteiger partial charge in [-0.15, -0.1) is 6.58 Å². The van der Waals surface area contributed by atoms with E-state index in [4.69, 9.17) is 16.3 Å². The lowest BCUT2D eigenvalue weighted by Gasteiger charge is -2.23. The van der Waals surface area contributed by atoms with Crippen molar-refractivity contribution in [2.45, 2.75) is 11.4 Å². The summed E-state index contributed by atoms with van der Waals surface area (Å²) in [7, 11) is -3.98. The number of nitrogens with zero attached hydrogens (tertiary/aromatic N) is 1. The lowest BCUT2D eigenvalue weighted by atomic mass is 10.2. The summed E-state index contributed by atoms with van der Waals surface area (Å²) in [5, 5.41) is 3.13. The molecule has 1 N–H and O–H groups in total. The predicted molar refractivity (Wildman–Crippen MR) is 131 cm³/mol. The average Bonchev–Trinajstić information content (AvgIpc) is 2.85. The fourth-order valence-corrected chi connectivity index (χ4v) is 4.75. The molecular weight excluding hydrogens is 476 g/mol. The van der Waals surface area contributed by atoms with Crippen molar-refractivity contribution < 1.29 is 22.7 Å². The molecule has 176 valence electrons. The molecule has 0 spiro atoms. The van der Waals surface area contributed by atoms with E-state index in [9.17, 15) is 18.0 Å². The third-order valence-electron chi connectivity index (χ3n) is 4.77. The number of anilines is 1. The maximum atomic E-state index is 13.3. The quantitative estimate of drug-likeness (QED) is 0.334. The van der Waals surface area contributed by atoms with Gasteiger partial charge >= 0.3 is 5.97 Å². The third-order valence-corrected chi connectivity index (χ3v) is 6.92. The minimum absolute atomic E-state index is 0.00611. The van der Waals surface area contributed by atoms with Crippen LogP contribution in [0.1, 0.15) is 15.9 Å². The molecule has 7 nitrogen and oxygen atoms in total. The van der Waals surface area contributed by atoms with Gasteiger partial charge in [-0.25, -0.2) is 13.2 Å². The van der Waals surface area contributed by atoms with Crippen LogP contribution in [0, 0.1) is 0 Å². The molecule has 0 unspecified atom stereocenters. The normalized spacial score (nSPS) is 10.9. The van der Waals surface area contributed by atoms with E-state index in [1.165, 1.54) is 34.6 Å². The second kappa shape index (κ2) is 11.5. The van der Waals surface area contributed by atoms with Crippen LogP contribution in [0.2, 0.25) is 5.02 Å². The number of carbonyl (C=O) groups is 2. The minimum atomic E-state index is -3.98. The van der Waals surface area contributed by atoms with Gasteiger partial charge in [-0.1, -0.05) is 60.1 Å². The standard InChI is InChI=1S/C25H23ClN2O5S/c1-2-15-28(21-11-4-3-5-12-21)34(31,32)22-13-8-10-19(16-22)25(30)33-18-24(29)27-17-20-9-6-7-14-23(20)26/h2-14,16H,1,15,17-18H2,(H,27,29). The Labute approximate surface area is 203 Å². The van der Waals surface area contributed by atoms with Gasteiger partial charge in [0.1, 0.15) is 0 Å². The molecule has 0 saturated carbocycles. The first kappa shape index (κ1) is 25.0. The summed E-state index contributed by atoms with van der Waals surface area (Å²) >= 11 is 6.05. The number of nitrogens with one attached hydrogen (secondary N) is 1. The topological polar surface area (TPSA) is 92.8 Å². The summed E-state index contributed by atoms with van der Waals surface area (Å²) in [6.07, 6.45) is 1.48. The highest BCUT2D eigenvalue weighted by molar-refractivity contribution is 7.92. The zero-order valence-electron chi connectivity index (χ0n) is 18.2. The Balaban J connectivity index is 1.68. The maximum absolute atomic E-state index is 13.3. The number of carbonyl (C=O) groups excluding carboxylic acids is 2. The van der Waals surface area contributed by atoms with Crippen LogP contribution in [0.15, 0.2) is 96.4 Å². The summed E-state index contributed by atoms with van der Waals surface area (Å²) in [6.45, 7) is 3.34. The molecule has 0 saturated heterocycles. The lowest BCUT2D eigenvalue weighted by Crippen LogP contribution is -2.31. The third kappa shape index (κ3) is 6.24. The molecule has 3 aromatic carbocycles. The highest BCUT2D eigenvalue weighted by Crippen LogP contribution is 2.24. The summed E-state index contributed by atoms with van der Waals surface area (Å²) in [5.74, 6) is -1.33. The van der Waals surface area contributed by atoms with Gasteiger partial charge in [-0.2, -0.15) is 0 Å². The lowest BCUT2D eigenvalue weighted by molar-refractivity contribution is -0.124. The van der Waals surface area contributed by atoms with Crippen molar-refractivity contribution in [2.75, 3.05) is 17.5 Å². The van der Waals surface area contributed by atoms with Gasteiger partial charge in [0.25, 0.3) is 15.9 Å². The molecule has 0 aliphatic heterocycles. The summed E-state index contributed by atoms with van der Waals surface area (Å²) in [5.41, 5.74) is 1.20. The van der Waals surface area contributed by atoms with Crippen molar-refractivity contribution in [1.29, 1.82) is 0 Å². The van der Waals surface area contributed by atoms with Crippen molar-refractivity contribution in [3.8, 4) is 0 Å². The smallest absolute Gasteiger partial charge is 0.338 e. The number of hydrogen-bond acceptors (Lipinski definition) is 5. The number of rotatable bonds is 10. The number of para-hydroxylation sites is 1. The predicted octanol–water partition coefficient (Wildman–Crippen LogP) is 4.19. The number of esters is 1. The summed E-state index contributed by atoms with van der Waals surface area (Å²) < 4.78 is 32.8. The largest absolute Gasteiger partial charge is 0.452 e. The van der Waals surface area contributed by atoms with Gasteiger partial charge in [-0.05, 0) is 42.0 Å².